The molecule has 0 spiro atoms. The number of hydrogen-bond donors (Lipinski definition) is 1. The molecular formula is C26H41NO4. The molecule has 0 amide bonds. The number of benzene rings is 1. The molecule has 5 nitrogen and oxygen atoms in total. The Hall–Kier alpha value is -2.17. The first-order valence-electron chi connectivity index (χ1n) is 12.2. The van der Waals surface area contributed by atoms with Crippen LogP contribution < -0.4 is 15.0 Å². The number of aryl methyl sites for hydroxylation is 1. The molecule has 5 heteroatoms. The Morgan fingerprint density at radius 1 is 0.871 bits per heavy atom. The molecule has 1 N–H and O–H groups in total. The van der Waals surface area contributed by atoms with Crippen molar-refractivity contribution in [3.8, 4) is 17.2 Å². The first kappa shape index (κ1) is 25.1. The van der Waals surface area contributed by atoms with Crippen molar-refractivity contribution in [2.24, 2.45) is 0 Å². The third-order valence-corrected chi connectivity index (χ3v) is 5.88. The van der Waals surface area contributed by atoms with Crippen LogP contribution >= 0.6 is 0 Å². The van der Waals surface area contributed by atoms with E-state index >= 15 is 0 Å². The van der Waals surface area contributed by atoms with Gasteiger partial charge in [0.1, 0.15) is 5.75 Å². The second-order valence-electron chi connectivity index (χ2n) is 8.40. The molecule has 0 saturated heterocycles. The van der Waals surface area contributed by atoms with Crippen molar-refractivity contribution in [2.45, 2.75) is 97.4 Å². The standard InChI is InChI=1S/C26H41NO4/c1-4-6-8-10-12-14-18-27-23-20-21(30-3)16-17-22(23)24(28)25(26(27)29)31-19-15-13-11-9-7-5-2/h16-17,20,28H,4-15,18-19H2,1-3H3. The summed E-state index contributed by atoms with van der Waals surface area (Å²) in [7, 11) is 1.61. The highest BCUT2D eigenvalue weighted by molar-refractivity contribution is 5.88. The van der Waals surface area contributed by atoms with Crippen molar-refractivity contribution >= 4 is 10.9 Å². The highest BCUT2D eigenvalue weighted by Crippen LogP contribution is 2.33. The molecule has 0 unspecified atom stereocenters. The summed E-state index contributed by atoms with van der Waals surface area (Å²) in [5, 5.41) is 11.4. The van der Waals surface area contributed by atoms with Crippen LogP contribution in [0.3, 0.4) is 0 Å². The minimum Gasteiger partial charge on any atom is -0.504 e. The van der Waals surface area contributed by atoms with Crippen molar-refractivity contribution in [3.05, 3.63) is 28.6 Å². The Morgan fingerprint density at radius 3 is 2.13 bits per heavy atom. The van der Waals surface area contributed by atoms with Gasteiger partial charge in [0.15, 0.2) is 5.75 Å². The van der Waals surface area contributed by atoms with Crippen LogP contribution in [0.4, 0.5) is 0 Å². The summed E-state index contributed by atoms with van der Waals surface area (Å²) >= 11 is 0. The first-order chi connectivity index (χ1) is 15.1. The summed E-state index contributed by atoms with van der Waals surface area (Å²) in [6.07, 6.45) is 13.8. The SMILES string of the molecule is CCCCCCCCOc1c(O)c2ccc(OC)cc2n(CCCCCCCC)c1=O. The third kappa shape index (κ3) is 7.48. The molecule has 0 fully saturated rings. The van der Waals surface area contributed by atoms with Crippen LogP contribution in [0.25, 0.3) is 10.9 Å². The lowest BCUT2D eigenvalue weighted by molar-refractivity contribution is 0.283. The predicted molar refractivity (Wildman–Crippen MR) is 129 cm³/mol. The number of aromatic nitrogens is 1. The van der Waals surface area contributed by atoms with Gasteiger partial charge >= 0.3 is 0 Å². The van der Waals surface area contributed by atoms with Crippen molar-refractivity contribution in [1.82, 2.24) is 4.57 Å². The maximum atomic E-state index is 13.2. The third-order valence-electron chi connectivity index (χ3n) is 5.88. The van der Waals surface area contributed by atoms with E-state index in [0.717, 1.165) is 25.7 Å². The zero-order chi connectivity index (χ0) is 22.5. The highest BCUT2D eigenvalue weighted by atomic mass is 16.5. The van der Waals surface area contributed by atoms with Crippen LogP contribution in [0, 0.1) is 0 Å². The van der Waals surface area contributed by atoms with E-state index in [0.29, 0.717) is 29.8 Å². The highest BCUT2D eigenvalue weighted by Gasteiger charge is 2.18. The van der Waals surface area contributed by atoms with Crippen LogP contribution in [0.15, 0.2) is 23.0 Å². The molecule has 0 aliphatic heterocycles. The van der Waals surface area contributed by atoms with Crippen molar-refractivity contribution in [2.75, 3.05) is 13.7 Å². The minimum absolute atomic E-state index is 0.0622. The number of methoxy groups -OCH3 is 1. The van der Waals surface area contributed by atoms with Gasteiger partial charge in [-0.15, -0.1) is 0 Å². The van der Waals surface area contributed by atoms with E-state index in [9.17, 15) is 9.90 Å². The maximum absolute atomic E-state index is 13.2. The second-order valence-corrected chi connectivity index (χ2v) is 8.40. The normalized spacial score (nSPS) is 11.2. The summed E-state index contributed by atoms with van der Waals surface area (Å²) in [6, 6.07) is 5.43. The van der Waals surface area contributed by atoms with Gasteiger partial charge in [0, 0.05) is 18.0 Å². The van der Waals surface area contributed by atoms with Gasteiger partial charge in [0.25, 0.3) is 5.56 Å². The van der Waals surface area contributed by atoms with Gasteiger partial charge in [-0.05, 0) is 25.0 Å². The number of rotatable bonds is 16. The van der Waals surface area contributed by atoms with Gasteiger partial charge in [-0.25, -0.2) is 0 Å². The lowest BCUT2D eigenvalue weighted by atomic mass is 10.1. The van der Waals surface area contributed by atoms with Crippen molar-refractivity contribution < 1.29 is 14.6 Å². The lowest BCUT2D eigenvalue weighted by Crippen LogP contribution is -2.23. The molecule has 0 saturated carbocycles. The summed E-state index contributed by atoms with van der Waals surface area (Å²) in [4.78, 5) is 13.2. The van der Waals surface area contributed by atoms with E-state index < -0.39 is 0 Å². The summed E-state index contributed by atoms with van der Waals surface area (Å²) in [6.45, 7) is 5.48. The Labute approximate surface area is 187 Å². The van der Waals surface area contributed by atoms with E-state index in [1.165, 1.54) is 51.4 Å². The molecule has 0 bridgehead atoms. The average Bonchev–Trinajstić information content (AvgIpc) is 2.78. The van der Waals surface area contributed by atoms with Gasteiger partial charge in [0.05, 0.1) is 19.2 Å². The molecule has 0 aliphatic carbocycles. The van der Waals surface area contributed by atoms with Crippen molar-refractivity contribution in [1.29, 1.82) is 0 Å². The van der Waals surface area contributed by atoms with E-state index in [2.05, 4.69) is 13.8 Å². The summed E-state index contributed by atoms with van der Waals surface area (Å²) in [5.74, 6) is 0.689. The second kappa shape index (κ2) is 14.0. The van der Waals surface area contributed by atoms with E-state index in [1.54, 1.807) is 23.8 Å². The molecule has 2 aromatic rings. The molecule has 0 radical (unpaired) electrons. The minimum atomic E-state index is -0.252. The van der Waals surface area contributed by atoms with Crippen LogP contribution in [0.5, 0.6) is 17.2 Å². The zero-order valence-electron chi connectivity index (χ0n) is 19.8. The molecule has 1 aromatic carbocycles. The van der Waals surface area contributed by atoms with Crippen LogP contribution in [-0.2, 0) is 6.54 Å². The number of ether oxygens (including phenoxy) is 2. The predicted octanol–water partition coefficient (Wildman–Crippen LogP) is 6.82. The summed E-state index contributed by atoms with van der Waals surface area (Å²) in [5.41, 5.74) is 0.445. The van der Waals surface area contributed by atoms with E-state index in [4.69, 9.17) is 9.47 Å². The topological polar surface area (TPSA) is 60.7 Å². The lowest BCUT2D eigenvalue weighted by Gasteiger charge is -2.16. The Balaban J connectivity index is 2.15. The van der Waals surface area contributed by atoms with Gasteiger partial charge < -0.3 is 19.1 Å². The van der Waals surface area contributed by atoms with Gasteiger partial charge in [-0.3, -0.25) is 4.79 Å². The maximum Gasteiger partial charge on any atom is 0.297 e. The number of unbranched alkanes of at least 4 members (excludes halogenated alkanes) is 10. The summed E-state index contributed by atoms with van der Waals surface area (Å²) < 4.78 is 12.9. The molecule has 31 heavy (non-hydrogen) atoms. The molecule has 174 valence electrons. The number of aromatic hydroxyl groups is 1. The Morgan fingerprint density at radius 2 is 1.48 bits per heavy atom. The van der Waals surface area contributed by atoms with Gasteiger partial charge in [-0.2, -0.15) is 0 Å². The number of nitrogens with zero attached hydrogens (tertiary/aromatic N) is 1. The molecule has 0 aliphatic rings. The van der Waals surface area contributed by atoms with Crippen molar-refractivity contribution in [3.63, 3.8) is 0 Å². The van der Waals surface area contributed by atoms with E-state index in [-0.39, 0.29) is 17.1 Å². The molecule has 1 aromatic heterocycles. The van der Waals surface area contributed by atoms with Gasteiger partial charge in [0.2, 0.25) is 5.75 Å². The quantitative estimate of drug-likeness (QED) is 0.296. The van der Waals surface area contributed by atoms with E-state index in [1.807, 2.05) is 6.07 Å². The molecule has 1 heterocycles. The van der Waals surface area contributed by atoms with Crippen LogP contribution in [0.2, 0.25) is 0 Å². The molecule has 0 atom stereocenters. The monoisotopic (exact) mass is 431 g/mol. The van der Waals surface area contributed by atoms with Gasteiger partial charge in [-0.1, -0.05) is 78.1 Å². The smallest absolute Gasteiger partial charge is 0.297 e. The first-order valence-corrected chi connectivity index (χ1v) is 12.2. The Kier molecular flexibility index (Phi) is 11.3. The number of fused-ring (bicyclic) bond motifs is 1. The van der Waals surface area contributed by atoms with Crippen LogP contribution in [0.1, 0.15) is 90.9 Å². The fourth-order valence-corrected chi connectivity index (χ4v) is 3.98. The molecule has 2 rings (SSSR count). The number of pyridine rings is 1. The average molecular weight is 432 g/mol. The largest absolute Gasteiger partial charge is 0.504 e. The Bertz CT molecular complexity index is 843. The fourth-order valence-electron chi connectivity index (χ4n) is 3.98. The zero-order valence-corrected chi connectivity index (χ0v) is 19.8. The van der Waals surface area contributed by atoms with Crippen LogP contribution in [-0.4, -0.2) is 23.4 Å². The molecular weight excluding hydrogens is 390 g/mol. The fraction of sp³-hybridized carbons (Fsp3) is 0.654. The number of hydrogen-bond acceptors (Lipinski definition) is 4.